The standard InChI is InChI=1S/C14H19N5O2S/c1-11-4-2-6-14(17-11)19-7-3-5-12(10-19)18-22(20,21)13-8-15-16-9-13/h2,4,6,8-9,12,18H,3,5,7,10H2,1H3,(H,15,16)/t12-/m1/s1. The van der Waals surface area contributed by atoms with Gasteiger partial charge in [0.2, 0.25) is 10.0 Å². The van der Waals surface area contributed by atoms with E-state index in [1.165, 1.54) is 12.4 Å². The van der Waals surface area contributed by atoms with Crippen molar-refractivity contribution in [1.82, 2.24) is 19.9 Å². The Morgan fingerprint density at radius 2 is 2.27 bits per heavy atom. The van der Waals surface area contributed by atoms with Crippen LogP contribution in [-0.4, -0.2) is 42.7 Å². The number of nitrogens with zero attached hydrogens (tertiary/aromatic N) is 3. The number of piperidine rings is 1. The molecule has 118 valence electrons. The third kappa shape index (κ3) is 3.28. The minimum absolute atomic E-state index is 0.129. The van der Waals surface area contributed by atoms with Crippen molar-refractivity contribution in [2.24, 2.45) is 0 Å². The second-order valence-electron chi connectivity index (χ2n) is 5.48. The molecule has 0 bridgehead atoms. The van der Waals surface area contributed by atoms with Gasteiger partial charge in [0, 0.05) is 31.0 Å². The predicted molar refractivity (Wildman–Crippen MR) is 83.1 cm³/mol. The summed E-state index contributed by atoms with van der Waals surface area (Å²) in [6.45, 7) is 3.46. The van der Waals surface area contributed by atoms with Crippen LogP contribution in [0.4, 0.5) is 5.82 Å². The molecule has 1 aliphatic rings. The Morgan fingerprint density at radius 1 is 1.41 bits per heavy atom. The van der Waals surface area contributed by atoms with Gasteiger partial charge in [0.15, 0.2) is 0 Å². The lowest BCUT2D eigenvalue weighted by Gasteiger charge is -2.33. The zero-order chi connectivity index (χ0) is 15.6. The summed E-state index contributed by atoms with van der Waals surface area (Å²) in [5.41, 5.74) is 0.957. The third-order valence-corrected chi connectivity index (χ3v) is 5.21. The fourth-order valence-corrected chi connectivity index (χ4v) is 3.83. The molecule has 0 aromatic carbocycles. The van der Waals surface area contributed by atoms with Gasteiger partial charge in [0.1, 0.15) is 10.7 Å². The van der Waals surface area contributed by atoms with E-state index < -0.39 is 10.0 Å². The Balaban J connectivity index is 1.71. The number of sulfonamides is 1. The fourth-order valence-electron chi connectivity index (χ4n) is 2.66. The lowest BCUT2D eigenvalue weighted by molar-refractivity contribution is 0.464. The number of rotatable bonds is 4. The van der Waals surface area contributed by atoms with Crippen LogP contribution in [0.15, 0.2) is 35.5 Å². The molecule has 22 heavy (non-hydrogen) atoms. The van der Waals surface area contributed by atoms with E-state index in [2.05, 4.69) is 24.8 Å². The Kier molecular flexibility index (Phi) is 4.12. The molecule has 0 aliphatic carbocycles. The fraction of sp³-hybridized carbons (Fsp3) is 0.429. The van der Waals surface area contributed by atoms with Crippen LogP contribution in [0.1, 0.15) is 18.5 Å². The molecule has 0 unspecified atom stereocenters. The highest BCUT2D eigenvalue weighted by molar-refractivity contribution is 7.89. The predicted octanol–water partition coefficient (Wildman–Crippen LogP) is 1.06. The second-order valence-corrected chi connectivity index (χ2v) is 7.19. The van der Waals surface area contributed by atoms with Crippen LogP contribution in [0, 0.1) is 6.92 Å². The van der Waals surface area contributed by atoms with Crippen LogP contribution in [0.2, 0.25) is 0 Å². The number of anilines is 1. The summed E-state index contributed by atoms with van der Waals surface area (Å²) in [5, 5.41) is 6.21. The number of hydrogen-bond donors (Lipinski definition) is 2. The molecule has 1 aliphatic heterocycles. The van der Waals surface area contributed by atoms with Gasteiger partial charge in [0.25, 0.3) is 0 Å². The molecule has 2 aromatic heterocycles. The average molecular weight is 321 g/mol. The Hall–Kier alpha value is -1.93. The maximum atomic E-state index is 12.3. The highest BCUT2D eigenvalue weighted by Crippen LogP contribution is 2.19. The van der Waals surface area contributed by atoms with Crippen LogP contribution in [0.25, 0.3) is 0 Å². The number of H-pyrrole nitrogens is 1. The van der Waals surface area contributed by atoms with Crippen molar-refractivity contribution >= 4 is 15.8 Å². The summed E-state index contributed by atoms with van der Waals surface area (Å²) in [6, 6.07) is 5.75. The van der Waals surface area contributed by atoms with E-state index in [9.17, 15) is 8.42 Å². The van der Waals surface area contributed by atoms with Crippen molar-refractivity contribution in [2.45, 2.75) is 30.7 Å². The molecular weight excluding hydrogens is 302 g/mol. The van der Waals surface area contributed by atoms with Gasteiger partial charge >= 0.3 is 0 Å². The minimum atomic E-state index is -3.52. The summed E-state index contributed by atoms with van der Waals surface area (Å²) >= 11 is 0. The van der Waals surface area contributed by atoms with Crippen molar-refractivity contribution in [3.05, 3.63) is 36.3 Å². The molecule has 0 radical (unpaired) electrons. The lowest BCUT2D eigenvalue weighted by atomic mass is 10.1. The zero-order valence-electron chi connectivity index (χ0n) is 12.4. The Labute approximate surface area is 129 Å². The first-order chi connectivity index (χ1) is 10.5. The first-order valence-electron chi connectivity index (χ1n) is 7.24. The Morgan fingerprint density at radius 3 is 3.00 bits per heavy atom. The highest BCUT2D eigenvalue weighted by atomic mass is 32.2. The summed E-state index contributed by atoms with van der Waals surface area (Å²) in [5.74, 6) is 0.896. The van der Waals surface area contributed by atoms with Crippen LogP contribution in [0.3, 0.4) is 0 Å². The first-order valence-corrected chi connectivity index (χ1v) is 8.73. The summed E-state index contributed by atoms with van der Waals surface area (Å²) in [4.78, 5) is 6.80. The molecule has 1 atom stereocenters. The zero-order valence-corrected chi connectivity index (χ0v) is 13.2. The van der Waals surface area contributed by atoms with Crippen molar-refractivity contribution in [3.8, 4) is 0 Å². The van der Waals surface area contributed by atoms with Crippen LogP contribution < -0.4 is 9.62 Å². The minimum Gasteiger partial charge on any atom is -0.355 e. The average Bonchev–Trinajstić information content (AvgIpc) is 3.02. The van der Waals surface area contributed by atoms with Crippen LogP contribution in [-0.2, 0) is 10.0 Å². The largest absolute Gasteiger partial charge is 0.355 e. The van der Waals surface area contributed by atoms with E-state index in [1.807, 2.05) is 25.1 Å². The maximum absolute atomic E-state index is 12.3. The first kappa shape index (κ1) is 15.0. The van der Waals surface area contributed by atoms with E-state index in [-0.39, 0.29) is 10.9 Å². The van der Waals surface area contributed by atoms with E-state index in [4.69, 9.17) is 0 Å². The normalized spacial score (nSPS) is 19.3. The van der Waals surface area contributed by atoms with E-state index >= 15 is 0 Å². The van der Waals surface area contributed by atoms with Crippen molar-refractivity contribution in [1.29, 1.82) is 0 Å². The van der Waals surface area contributed by atoms with Crippen molar-refractivity contribution in [3.63, 3.8) is 0 Å². The van der Waals surface area contributed by atoms with Gasteiger partial charge < -0.3 is 4.90 Å². The van der Waals surface area contributed by atoms with E-state index in [1.54, 1.807) is 0 Å². The van der Waals surface area contributed by atoms with Gasteiger partial charge in [-0.3, -0.25) is 5.10 Å². The third-order valence-electron chi connectivity index (χ3n) is 3.72. The van der Waals surface area contributed by atoms with Gasteiger partial charge in [-0.1, -0.05) is 6.07 Å². The molecule has 0 amide bonds. The molecule has 1 fully saturated rings. The second kappa shape index (κ2) is 6.05. The van der Waals surface area contributed by atoms with E-state index in [0.29, 0.717) is 6.54 Å². The molecule has 3 heterocycles. The number of aryl methyl sites for hydroxylation is 1. The molecule has 3 rings (SSSR count). The molecule has 2 aromatic rings. The summed E-state index contributed by atoms with van der Waals surface area (Å²) in [7, 11) is -3.52. The molecule has 0 saturated carbocycles. The Bertz CT molecular complexity index is 729. The van der Waals surface area contributed by atoms with Gasteiger partial charge in [-0.05, 0) is 31.9 Å². The molecule has 7 nitrogen and oxygen atoms in total. The SMILES string of the molecule is Cc1cccc(N2CCC[C@@H](NS(=O)(=O)c3cn[nH]c3)C2)n1. The van der Waals surface area contributed by atoms with Crippen LogP contribution >= 0.6 is 0 Å². The van der Waals surface area contributed by atoms with Crippen molar-refractivity contribution in [2.75, 3.05) is 18.0 Å². The smallest absolute Gasteiger partial charge is 0.243 e. The van der Waals surface area contributed by atoms with Gasteiger partial charge in [0.05, 0.1) is 6.20 Å². The van der Waals surface area contributed by atoms with Crippen LogP contribution in [0.5, 0.6) is 0 Å². The summed E-state index contributed by atoms with van der Waals surface area (Å²) < 4.78 is 27.3. The number of aromatic nitrogens is 3. The van der Waals surface area contributed by atoms with Crippen molar-refractivity contribution < 1.29 is 8.42 Å². The van der Waals surface area contributed by atoms with E-state index in [0.717, 1.165) is 30.9 Å². The summed E-state index contributed by atoms with van der Waals surface area (Å²) in [6.07, 6.45) is 4.43. The molecule has 1 saturated heterocycles. The quantitative estimate of drug-likeness (QED) is 0.879. The number of hydrogen-bond acceptors (Lipinski definition) is 5. The molecule has 0 spiro atoms. The number of aromatic amines is 1. The molecule has 2 N–H and O–H groups in total. The molecular formula is C14H19N5O2S. The highest BCUT2D eigenvalue weighted by Gasteiger charge is 2.26. The number of nitrogens with one attached hydrogen (secondary N) is 2. The van der Waals surface area contributed by atoms with Gasteiger partial charge in [-0.15, -0.1) is 0 Å². The van der Waals surface area contributed by atoms with Gasteiger partial charge in [-0.25, -0.2) is 18.1 Å². The maximum Gasteiger partial charge on any atom is 0.243 e. The monoisotopic (exact) mass is 321 g/mol. The lowest BCUT2D eigenvalue weighted by Crippen LogP contribution is -2.47. The number of pyridine rings is 1. The van der Waals surface area contributed by atoms with Gasteiger partial charge in [-0.2, -0.15) is 5.10 Å². The molecule has 8 heteroatoms. The topological polar surface area (TPSA) is 91.0 Å².